The second-order valence-electron chi connectivity index (χ2n) is 1.77. The van der Waals surface area contributed by atoms with Crippen LogP contribution in [0, 0.1) is 17.0 Å². The molecule has 0 aliphatic carbocycles. The zero-order chi connectivity index (χ0) is 6.85. The van der Waals surface area contributed by atoms with Crippen LogP contribution in [0.4, 0.5) is 5.82 Å². The van der Waals surface area contributed by atoms with Crippen molar-refractivity contribution < 1.29 is 4.92 Å². The molecule has 0 aromatic carbocycles. The van der Waals surface area contributed by atoms with E-state index in [-0.39, 0.29) is 16.8 Å². The van der Waals surface area contributed by atoms with Crippen molar-refractivity contribution in [1.29, 1.82) is 0 Å². The largest absolute Gasteiger partial charge is 0.358 e. The molecule has 0 saturated carbocycles. The molecule has 1 aromatic rings. The van der Waals surface area contributed by atoms with Crippen LogP contribution in [0.15, 0.2) is 12.3 Å². The van der Waals surface area contributed by atoms with Gasteiger partial charge in [0.2, 0.25) is 0 Å². The van der Waals surface area contributed by atoms with Gasteiger partial charge in [-0.25, -0.2) is 4.98 Å². The van der Waals surface area contributed by atoms with Crippen molar-refractivity contribution in [3.05, 3.63) is 27.9 Å². The highest BCUT2D eigenvalue weighted by atomic mass is 28.1. The molecule has 4 nitrogen and oxygen atoms in total. The summed E-state index contributed by atoms with van der Waals surface area (Å²) in [6.07, 6.45) is 1.55. The standard InChI is InChI=1S/C5H6N2O2.H4Si/c1-4-2-3-6-5(4)7(8)9;/h2-3,6H,1H3;1H4. The zero-order valence-corrected chi connectivity index (χ0v) is 4.92. The number of nitrogens with zero attached hydrogens (tertiary/aromatic N) is 1. The van der Waals surface area contributed by atoms with Crippen molar-refractivity contribution in [2.75, 3.05) is 0 Å². The topological polar surface area (TPSA) is 58.9 Å². The summed E-state index contributed by atoms with van der Waals surface area (Å²) in [5.41, 5.74) is 0.667. The minimum Gasteiger partial charge on any atom is -0.358 e. The molecule has 0 radical (unpaired) electrons. The number of nitro groups is 1. The molecule has 0 atom stereocenters. The summed E-state index contributed by atoms with van der Waals surface area (Å²) in [6.45, 7) is 1.69. The van der Waals surface area contributed by atoms with Gasteiger partial charge in [-0.2, -0.15) is 0 Å². The summed E-state index contributed by atoms with van der Waals surface area (Å²) in [6, 6.07) is 1.66. The lowest BCUT2D eigenvalue weighted by atomic mass is 10.4. The van der Waals surface area contributed by atoms with Crippen molar-refractivity contribution in [2.45, 2.75) is 6.92 Å². The first kappa shape index (κ1) is 8.90. The molecular weight excluding hydrogens is 148 g/mol. The molecule has 5 heteroatoms. The van der Waals surface area contributed by atoms with Crippen LogP contribution in [-0.2, 0) is 0 Å². The van der Waals surface area contributed by atoms with Crippen LogP contribution < -0.4 is 0 Å². The van der Waals surface area contributed by atoms with Gasteiger partial charge in [0.15, 0.2) is 0 Å². The smallest absolute Gasteiger partial charge is 0.323 e. The van der Waals surface area contributed by atoms with E-state index in [2.05, 4.69) is 4.98 Å². The lowest BCUT2D eigenvalue weighted by molar-refractivity contribution is -0.389. The molecule has 1 rings (SSSR count). The number of hydrogen-bond donors (Lipinski definition) is 1. The van der Waals surface area contributed by atoms with Crippen LogP contribution in [0.1, 0.15) is 5.56 Å². The van der Waals surface area contributed by atoms with E-state index in [0.29, 0.717) is 5.56 Å². The average molecular weight is 158 g/mol. The molecule has 0 bridgehead atoms. The molecule has 0 aliphatic heterocycles. The van der Waals surface area contributed by atoms with Crippen LogP contribution in [0.2, 0.25) is 0 Å². The Hall–Kier alpha value is -1.10. The Bertz CT molecular complexity index is 233. The predicted octanol–water partition coefficient (Wildman–Crippen LogP) is -0.220. The van der Waals surface area contributed by atoms with E-state index in [1.54, 1.807) is 19.2 Å². The quantitative estimate of drug-likeness (QED) is 0.349. The molecule has 0 amide bonds. The van der Waals surface area contributed by atoms with Gasteiger partial charge in [0.05, 0.1) is 6.20 Å². The maximum atomic E-state index is 10.1. The lowest BCUT2D eigenvalue weighted by Crippen LogP contribution is -1.88. The normalized spacial score (nSPS) is 8.50. The summed E-state index contributed by atoms with van der Waals surface area (Å²) in [5, 5.41) is 10.1. The molecule has 1 aromatic heterocycles. The first-order chi connectivity index (χ1) is 4.22. The fraction of sp³-hybridized carbons (Fsp3) is 0.200. The van der Waals surface area contributed by atoms with Gasteiger partial charge in [0.1, 0.15) is 0 Å². The number of H-pyrrole nitrogens is 1. The molecule has 1 N–H and O–H groups in total. The summed E-state index contributed by atoms with van der Waals surface area (Å²) in [4.78, 5) is 12.1. The van der Waals surface area contributed by atoms with Crippen molar-refractivity contribution in [2.24, 2.45) is 0 Å². The first-order valence-electron chi connectivity index (χ1n) is 2.50. The van der Waals surface area contributed by atoms with E-state index in [1.165, 1.54) is 0 Å². The van der Waals surface area contributed by atoms with Crippen molar-refractivity contribution >= 4 is 16.8 Å². The molecule has 0 spiro atoms. The number of aromatic amines is 1. The number of aromatic nitrogens is 1. The predicted molar refractivity (Wildman–Crippen MR) is 43.5 cm³/mol. The fourth-order valence-corrected chi connectivity index (χ4v) is 0.635. The Labute approximate surface area is 62.4 Å². The summed E-state index contributed by atoms with van der Waals surface area (Å²) >= 11 is 0. The van der Waals surface area contributed by atoms with Crippen LogP contribution in [0.5, 0.6) is 0 Å². The van der Waals surface area contributed by atoms with E-state index in [0.717, 1.165) is 0 Å². The van der Waals surface area contributed by atoms with Gasteiger partial charge in [-0.1, -0.05) is 0 Å². The Kier molecular flexibility index (Phi) is 2.81. The van der Waals surface area contributed by atoms with Gasteiger partial charge < -0.3 is 10.1 Å². The van der Waals surface area contributed by atoms with E-state index >= 15 is 0 Å². The fourth-order valence-electron chi connectivity index (χ4n) is 0.635. The molecule has 0 fully saturated rings. The van der Waals surface area contributed by atoms with Crippen molar-refractivity contribution in [3.63, 3.8) is 0 Å². The van der Waals surface area contributed by atoms with Crippen LogP contribution >= 0.6 is 0 Å². The van der Waals surface area contributed by atoms with Crippen molar-refractivity contribution in [3.8, 4) is 0 Å². The minimum absolute atomic E-state index is 0. The van der Waals surface area contributed by atoms with E-state index < -0.39 is 4.92 Å². The van der Waals surface area contributed by atoms with Gasteiger partial charge in [0.25, 0.3) is 0 Å². The third kappa shape index (κ3) is 1.44. The monoisotopic (exact) mass is 158 g/mol. The number of nitrogens with one attached hydrogen (secondary N) is 1. The van der Waals surface area contributed by atoms with Crippen LogP contribution in [0.3, 0.4) is 0 Å². The average Bonchev–Trinajstić information content (AvgIpc) is 2.13. The number of rotatable bonds is 1. The van der Waals surface area contributed by atoms with Gasteiger partial charge in [-0.15, -0.1) is 0 Å². The zero-order valence-electron chi connectivity index (χ0n) is 4.92. The number of hydrogen-bond acceptors (Lipinski definition) is 2. The molecule has 56 valence electrons. The highest BCUT2D eigenvalue weighted by Gasteiger charge is 2.06. The molecule has 0 unspecified atom stereocenters. The van der Waals surface area contributed by atoms with E-state index in [1.807, 2.05) is 0 Å². The highest BCUT2D eigenvalue weighted by Crippen LogP contribution is 2.12. The maximum Gasteiger partial charge on any atom is 0.323 e. The third-order valence-electron chi connectivity index (χ3n) is 1.11. The first-order valence-corrected chi connectivity index (χ1v) is 2.50. The Balaban J connectivity index is 0.000000810. The van der Waals surface area contributed by atoms with E-state index in [4.69, 9.17) is 0 Å². The Morgan fingerprint density at radius 1 is 1.70 bits per heavy atom. The van der Waals surface area contributed by atoms with Crippen LogP contribution in [0.25, 0.3) is 0 Å². The number of aryl methyl sites for hydroxylation is 1. The van der Waals surface area contributed by atoms with Crippen molar-refractivity contribution in [1.82, 2.24) is 4.98 Å². The summed E-state index contributed by atoms with van der Waals surface area (Å²) < 4.78 is 0. The Morgan fingerprint density at radius 2 is 2.30 bits per heavy atom. The van der Waals surface area contributed by atoms with Gasteiger partial charge >= 0.3 is 5.82 Å². The second kappa shape index (κ2) is 3.16. The van der Waals surface area contributed by atoms with E-state index in [9.17, 15) is 10.1 Å². The maximum absolute atomic E-state index is 10.1. The minimum atomic E-state index is -0.435. The second-order valence-corrected chi connectivity index (χ2v) is 1.77. The van der Waals surface area contributed by atoms with Crippen LogP contribution in [-0.4, -0.2) is 20.9 Å². The van der Waals surface area contributed by atoms with Gasteiger partial charge in [-0.05, 0) is 28.9 Å². The summed E-state index contributed by atoms with van der Waals surface area (Å²) in [7, 11) is 0. The van der Waals surface area contributed by atoms with Gasteiger partial charge in [0, 0.05) is 5.56 Å². The molecule has 0 aliphatic rings. The highest BCUT2D eigenvalue weighted by molar-refractivity contribution is 5.75. The molecule has 1 heterocycles. The Morgan fingerprint density at radius 3 is 2.50 bits per heavy atom. The lowest BCUT2D eigenvalue weighted by Gasteiger charge is -1.88. The molecule has 0 saturated heterocycles. The third-order valence-corrected chi connectivity index (χ3v) is 1.11. The SMILES string of the molecule is Cc1cc[nH]c1[N+](=O)[O-].[SiH4]. The summed E-state index contributed by atoms with van der Waals surface area (Å²) in [5.74, 6) is 0.0787. The molecular formula is C5H10N2O2Si. The van der Waals surface area contributed by atoms with Gasteiger partial charge in [-0.3, -0.25) is 0 Å². The molecule has 10 heavy (non-hydrogen) atoms.